The predicted octanol–water partition coefficient (Wildman–Crippen LogP) is 2.44. The Kier molecular flexibility index (Phi) is 6.06. The highest BCUT2D eigenvalue weighted by Gasteiger charge is 2.21. The van der Waals surface area contributed by atoms with Crippen LogP contribution in [0.3, 0.4) is 0 Å². The van der Waals surface area contributed by atoms with E-state index in [1.165, 1.54) is 5.56 Å². The first kappa shape index (κ1) is 18.6. The average molecular weight is 372 g/mol. The van der Waals surface area contributed by atoms with Crippen LogP contribution in [0.25, 0.3) is 0 Å². The summed E-state index contributed by atoms with van der Waals surface area (Å²) in [5, 5.41) is 7.01. The van der Waals surface area contributed by atoms with Crippen LogP contribution < -0.4 is 5.32 Å². The summed E-state index contributed by atoms with van der Waals surface area (Å²) in [6.07, 6.45) is 0. The van der Waals surface area contributed by atoms with Gasteiger partial charge in [0.2, 0.25) is 5.91 Å². The molecular formula is C20H25N3O2S. The van der Waals surface area contributed by atoms with Crippen molar-refractivity contribution in [3.8, 4) is 0 Å². The van der Waals surface area contributed by atoms with E-state index in [1.807, 2.05) is 30.9 Å². The molecule has 0 spiro atoms. The molecule has 3 rings (SSSR count). The van der Waals surface area contributed by atoms with Gasteiger partial charge in [-0.2, -0.15) is 11.3 Å². The monoisotopic (exact) mass is 371 g/mol. The largest absolute Gasteiger partial charge is 0.343 e. The van der Waals surface area contributed by atoms with Crippen LogP contribution in [0.15, 0.2) is 35.0 Å². The Balaban J connectivity index is 1.44. The molecule has 1 fully saturated rings. The van der Waals surface area contributed by atoms with Crippen molar-refractivity contribution in [2.45, 2.75) is 20.4 Å². The van der Waals surface area contributed by atoms with Crippen LogP contribution in [-0.4, -0.2) is 54.3 Å². The normalized spacial score (nSPS) is 15.1. The highest BCUT2D eigenvalue weighted by molar-refractivity contribution is 7.07. The minimum Gasteiger partial charge on any atom is -0.343 e. The highest BCUT2D eigenvalue weighted by Crippen LogP contribution is 2.12. The van der Waals surface area contributed by atoms with Gasteiger partial charge in [0.25, 0.3) is 5.91 Å². The van der Waals surface area contributed by atoms with Crippen molar-refractivity contribution in [3.63, 3.8) is 0 Å². The molecule has 1 aliphatic rings. The molecule has 0 atom stereocenters. The molecule has 1 N–H and O–H groups in total. The van der Waals surface area contributed by atoms with Crippen LogP contribution in [0.1, 0.15) is 27.0 Å². The number of rotatable bonds is 5. The second-order valence-electron chi connectivity index (χ2n) is 6.77. The van der Waals surface area contributed by atoms with E-state index in [2.05, 4.69) is 27.0 Å². The molecule has 0 radical (unpaired) electrons. The Labute approximate surface area is 158 Å². The number of carbonyl (C=O) groups is 2. The van der Waals surface area contributed by atoms with Crippen molar-refractivity contribution < 1.29 is 9.59 Å². The number of benzene rings is 1. The lowest BCUT2D eigenvalue weighted by molar-refractivity contribution is -0.131. The number of thiophene rings is 1. The molecule has 1 aliphatic heterocycles. The van der Waals surface area contributed by atoms with Crippen LogP contribution in [0.4, 0.5) is 0 Å². The Bertz CT molecular complexity index is 765. The quantitative estimate of drug-likeness (QED) is 0.878. The number of amides is 2. The van der Waals surface area contributed by atoms with Gasteiger partial charge in [-0.25, -0.2) is 0 Å². The van der Waals surface area contributed by atoms with Crippen LogP contribution in [-0.2, 0) is 11.3 Å². The van der Waals surface area contributed by atoms with Crippen molar-refractivity contribution >= 4 is 23.2 Å². The smallest absolute Gasteiger partial charge is 0.251 e. The topological polar surface area (TPSA) is 52.7 Å². The molecule has 1 aromatic heterocycles. The Morgan fingerprint density at radius 2 is 1.85 bits per heavy atom. The van der Waals surface area contributed by atoms with E-state index in [0.717, 1.165) is 30.8 Å². The molecule has 2 amide bonds. The lowest BCUT2D eigenvalue weighted by Gasteiger charge is -2.34. The number of hydrogen-bond donors (Lipinski definition) is 1. The number of carbonyl (C=O) groups excluding carboxylic acids is 2. The SMILES string of the molecule is Cc1ccc(C(=O)NCC(=O)N2CCN(Cc3ccsc3)CC2)cc1C. The van der Waals surface area contributed by atoms with Gasteiger partial charge in [0.1, 0.15) is 0 Å². The van der Waals surface area contributed by atoms with Crippen LogP contribution >= 0.6 is 11.3 Å². The number of nitrogens with one attached hydrogen (secondary N) is 1. The summed E-state index contributed by atoms with van der Waals surface area (Å²) in [5.74, 6) is -0.213. The van der Waals surface area contributed by atoms with Gasteiger partial charge in [0, 0.05) is 38.3 Å². The molecule has 5 nitrogen and oxygen atoms in total. The lowest BCUT2D eigenvalue weighted by Crippen LogP contribution is -2.50. The van der Waals surface area contributed by atoms with Gasteiger partial charge >= 0.3 is 0 Å². The summed E-state index contributed by atoms with van der Waals surface area (Å²) < 4.78 is 0. The van der Waals surface area contributed by atoms with E-state index in [4.69, 9.17) is 0 Å². The molecule has 1 saturated heterocycles. The standard InChI is InChI=1S/C20H25N3O2S/c1-15-3-4-18(11-16(15)2)20(25)21-12-19(24)23-8-6-22(7-9-23)13-17-5-10-26-14-17/h3-5,10-11,14H,6-9,12-13H2,1-2H3,(H,21,25). The summed E-state index contributed by atoms with van der Waals surface area (Å²) >= 11 is 1.71. The highest BCUT2D eigenvalue weighted by atomic mass is 32.1. The van der Waals surface area contributed by atoms with Crippen LogP contribution in [0, 0.1) is 13.8 Å². The summed E-state index contributed by atoms with van der Waals surface area (Å²) in [4.78, 5) is 28.8. The average Bonchev–Trinajstić information content (AvgIpc) is 3.15. The van der Waals surface area contributed by atoms with E-state index < -0.39 is 0 Å². The van der Waals surface area contributed by atoms with Gasteiger partial charge in [-0.3, -0.25) is 14.5 Å². The summed E-state index contributed by atoms with van der Waals surface area (Å²) in [7, 11) is 0. The molecule has 0 bridgehead atoms. The Morgan fingerprint density at radius 3 is 2.50 bits per heavy atom. The third kappa shape index (κ3) is 4.71. The van der Waals surface area contributed by atoms with Crippen molar-refractivity contribution in [2.75, 3.05) is 32.7 Å². The third-order valence-corrected chi connectivity index (χ3v) is 5.61. The first-order chi connectivity index (χ1) is 12.5. The molecule has 0 unspecified atom stereocenters. The lowest BCUT2D eigenvalue weighted by atomic mass is 10.1. The molecular weight excluding hydrogens is 346 g/mol. The summed E-state index contributed by atoms with van der Waals surface area (Å²) in [6, 6.07) is 7.73. The molecule has 138 valence electrons. The van der Waals surface area contributed by atoms with Gasteiger partial charge in [-0.05, 0) is 59.5 Å². The van der Waals surface area contributed by atoms with Gasteiger partial charge in [-0.15, -0.1) is 0 Å². The second kappa shape index (κ2) is 8.47. The zero-order chi connectivity index (χ0) is 18.5. The molecule has 2 aromatic rings. The van der Waals surface area contributed by atoms with Gasteiger partial charge in [0.15, 0.2) is 0 Å². The third-order valence-electron chi connectivity index (χ3n) is 4.88. The minimum atomic E-state index is -0.197. The first-order valence-electron chi connectivity index (χ1n) is 8.89. The van der Waals surface area contributed by atoms with Crippen molar-refractivity contribution in [1.29, 1.82) is 0 Å². The molecule has 0 saturated carbocycles. The van der Waals surface area contributed by atoms with E-state index >= 15 is 0 Å². The first-order valence-corrected chi connectivity index (χ1v) is 9.84. The molecule has 0 aliphatic carbocycles. The summed E-state index contributed by atoms with van der Waals surface area (Å²) in [5.41, 5.74) is 4.15. The minimum absolute atomic E-state index is 0.0163. The predicted molar refractivity (Wildman–Crippen MR) is 104 cm³/mol. The number of hydrogen-bond acceptors (Lipinski definition) is 4. The summed E-state index contributed by atoms with van der Waals surface area (Å²) in [6.45, 7) is 8.14. The second-order valence-corrected chi connectivity index (χ2v) is 7.55. The fourth-order valence-electron chi connectivity index (χ4n) is 3.05. The van der Waals surface area contributed by atoms with Crippen molar-refractivity contribution in [1.82, 2.24) is 15.1 Å². The maximum Gasteiger partial charge on any atom is 0.251 e. The Hall–Kier alpha value is -2.18. The van der Waals surface area contributed by atoms with Crippen LogP contribution in [0.2, 0.25) is 0 Å². The zero-order valence-corrected chi connectivity index (χ0v) is 16.1. The van der Waals surface area contributed by atoms with Crippen molar-refractivity contribution in [2.24, 2.45) is 0 Å². The van der Waals surface area contributed by atoms with Gasteiger partial charge in [0.05, 0.1) is 6.54 Å². The van der Waals surface area contributed by atoms with Gasteiger partial charge < -0.3 is 10.2 Å². The molecule has 2 heterocycles. The fourth-order valence-corrected chi connectivity index (χ4v) is 3.71. The van der Waals surface area contributed by atoms with E-state index in [9.17, 15) is 9.59 Å². The number of aryl methyl sites for hydroxylation is 2. The van der Waals surface area contributed by atoms with Crippen molar-refractivity contribution in [3.05, 3.63) is 57.3 Å². The maximum atomic E-state index is 12.4. The van der Waals surface area contributed by atoms with E-state index in [1.54, 1.807) is 17.4 Å². The molecule has 6 heteroatoms. The number of piperazine rings is 1. The zero-order valence-electron chi connectivity index (χ0n) is 15.3. The maximum absolute atomic E-state index is 12.4. The molecule has 26 heavy (non-hydrogen) atoms. The van der Waals surface area contributed by atoms with E-state index in [0.29, 0.717) is 18.7 Å². The van der Waals surface area contributed by atoms with Gasteiger partial charge in [-0.1, -0.05) is 6.07 Å². The fraction of sp³-hybridized carbons (Fsp3) is 0.400. The number of nitrogens with zero attached hydrogens (tertiary/aromatic N) is 2. The van der Waals surface area contributed by atoms with Crippen LogP contribution in [0.5, 0.6) is 0 Å². The molecule has 1 aromatic carbocycles. The van der Waals surface area contributed by atoms with E-state index in [-0.39, 0.29) is 18.4 Å². The Morgan fingerprint density at radius 1 is 1.08 bits per heavy atom.